The predicted octanol–water partition coefficient (Wildman–Crippen LogP) is 3.58. The molecule has 1 aliphatic rings. The number of hydrogen-bond donors (Lipinski definition) is 1. The zero-order valence-electron chi connectivity index (χ0n) is 13.2. The van der Waals surface area contributed by atoms with Crippen molar-refractivity contribution in [3.05, 3.63) is 12.0 Å². The second-order valence-electron chi connectivity index (χ2n) is 6.22. The summed E-state index contributed by atoms with van der Waals surface area (Å²) < 4.78 is 5.70. The number of rotatable bonds is 7. The third kappa shape index (κ3) is 4.23. The molecule has 0 spiro atoms. The number of aromatic nitrogens is 1. The normalized spacial score (nSPS) is 16.8. The van der Waals surface area contributed by atoms with Crippen molar-refractivity contribution in [3.63, 3.8) is 0 Å². The van der Waals surface area contributed by atoms with Crippen LogP contribution in [0.1, 0.15) is 58.6 Å². The first-order valence-electron chi connectivity index (χ1n) is 8.12. The SMILES string of the molecule is CCN(c1nc(CNCC(C)C)co1)C1CCCCC1. The standard InChI is InChI=1S/C16H29N3O/c1-4-19(15-8-6-5-7-9-15)16-18-14(12-20-16)11-17-10-13(2)3/h12-13,15,17H,4-11H2,1-3H3. The van der Waals surface area contributed by atoms with Crippen LogP contribution in [0.3, 0.4) is 0 Å². The van der Waals surface area contributed by atoms with Crippen molar-refractivity contribution < 1.29 is 4.42 Å². The molecule has 114 valence electrons. The molecule has 0 amide bonds. The van der Waals surface area contributed by atoms with Gasteiger partial charge in [-0.2, -0.15) is 4.98 Å². The summed E-state index contributed by atoms with van der Waals surface area (Å²) in [6.45, 7) is 9.40. The molecule has 0 saturated heterocycles. The third-order valence-corrected chi connectivity index (χ3v) is 4.00. The van der Waals surface area contributed by atoms with Gasteiger partial charge in [0.25, 0.3) is 6.01 Å². The largest absolute Gasteiger partial charge is 0.432 e. The van der Waals surface area contributed by atoms with E-state index >= 15 is 0 Å². The van der Waals surface area contributed by atoms with Crippen LogP contribution >= 0.6 is 0 Å². The van der Waals surface area contributed by atoms with Crippen LogP contribution in [0.25, 0.3) is 0 Å². The second-order valence-corrected chi connectivity index (χ2v) is 6.22. The highest BCUT2D eigenvalue weighted by Crippen LogP contribution is 2.26. The van der Waals surface area contributed by atoms with E-state index in [2.05, 4.69) is 36.0 Å². The first-order chi connectivity index (χ1) is 9.70. The maximum Gasteiger partial charge on any atom is 0.297 e. The number of nitrogens with one attached hydrogen (secondary N) is 1. The fraction of sp³-hybridized carbons (Fsp3) is 0.812. The van der Waals surface area contributed by atoms with Crippen molar-refractivity contribution >= 4 is 6.01 Å². The molecule has 1 aliphatic carbocycles. The van der Waals surface area contributed by atoms with E-state index in [0.29, 0.717) is 12.0 Å². The zero-order chi connectivity index (χ0) is 14.4. The number of oxazole rings is 1. The minimum Gasteiger partial charge on any atom is -0.432 e. The summed E-state index contributed by atoms with van der Waals surface area (Å²) in [6.07, 6.45) is 8.40. The number of nitrogens with zero attached hydrogens (tertiary/aromatic N) is 2. The number of hydrogen-bond acceptors (Lipinski definition) is 4. The van der Waals surface area contributed by atoms with Gasteiger partial charge >= 0.3 is 0 Å². The Hall–Kier alpha value is -1.03. The molecule has 1 fully saturated rings. The van der Waals surface area contributed by atoms with Crippen molar-refractivity contribution in [3.8, 4) is 0 Å². The Balaban J connectivity index is 1.91. The second kappa shape index (κ2) is 7.67. The summed E-state index contributed by atoms with van der Waals surface area (Å²) in [4.78, 5) is 6.99. The van der Waals surface area contributed by atoms with Gasteiger partial charge in [-0.25, -0.2) is 0 Å². The molecule has 20 heavy (non-hydrogen) atoms. The fourth-order valence-electron chi connectivity index (χ4n) is 2.94. The minimum atomic E-state index is 0.615. The molecule has 0 atom stereocenters. The lowest BCUT2D eigenvalue weighted by molar-refractivity contribution is 0.394. The van der Waals surface area contributed by atoms with Crippen molar-refractivity contribution in [2.24, 2.45) is 5.92 Å². The van der Waals surface area contributed by atoms with Crippen LogP contribution in [0.4, 0.5) is 6.01 Å². The van der Waals surface area contributed by atoms with E-state index in [1.54, 1.807) is 6.26 Å². The van der Waals surface area contributed by atoms with Gasteiger partial charge in [0.1, 0.15) is 6.26 Å². The topological polar surface area (TPSA) is 41.3 Å². The summed E-state index contributed by atoms with van der Waals surface area (Å²) >= 11 is 0. The van der Waals surface area contributed by atoms with E-state index in [1.165, 1.54) is 32.1 Å². The smallest absolute Gasteiger partial charge is 0.297 e. The maximum absolute atomic E-state index is 5.70. The zero-order valence-corrected chi connectivity index (χ0v) is 13.2. The molecule has 0 unspecified atom stereocenters. The van der Waals surface area contributed by atoms with Crippen molar-refractivity contribution in [2.75, 3.05) is 18.0 Å². The van der Waals surface area contributed by atoms with Crippen LogP contribution in [0.2, 0.25) is 0 Å². The van der Waals surface area contributed by atoms with Gasteiger partial charge in [0.2, 0.25) is 0 Å². The van der Waals surface area contributed by atoms with Crippen molar-refractivity contribution in [2.45, 2.75) is 65.5 Å². The Bertz CT molecular complexity index is 383. The summed E-state index contributed by atoms with van der Waals surface area (Å²) in [5, 5.41) is 3.41. The van der Waals surface area contributed by atoms with E-state index in [1.807, 2.05) is 0 Å². The Morgan fingerprint density at radius 3 is 2.75 bits per heavy atom. The van der Waals surface area contributed by atoms with Gasteiger partial charge in [-0.15, -0.1) is 0 Å². The Labute approximate surface area is 122 Å². The molecule has 0 bridgehead atoms. The lowest BCUT2D eigenvalue weighted by atomic mass is 9.94. The van der Waals surface area contributed by atoms with Crippen LogP contribution in [0.15, 0.2) is 10.7 Å². The average molecular weight is 279 g/mol. The molecule has 4 nitrogen and oxygen atoms in total. The van der Waals surface area contributed by atoms with Crippen molar-refractivity contribution in [1.29, 1.82) is 0 Å². The highest BCUT2D eigenvalue weighted by atomic mass is 16.4. The summed E-state index contributed by atoms with van der Waals surface area (Å²) in [5.41, 5.74) is 1.01. The monoisotopic (exact) mass is 279 g/mol. The van der Waals surface area contributed by atoms with E-state index in [9.17, 15) is 0 Å². The average Bonchev–Trinajstić information content (AvgIpc) is 2.89. The van der Waals surface area contributed by atoms with Crippen LogP contribution < -0.4 is 10.2 Å². The molecule has 1 aromatic heterocycles. The maximum atomic E-state index is 5.70. The molecular formula is C16H29N3O. The van der Waals surface area contributed by atoms with Crippen LogP contribution in [0.5, 0.6) is 0 Å². The van der Waals surface area contributed by atoms with E-state index in [4.69, 9.17) is 4.42 Å². The first kappa shape index (κ1) is 15.4. The van der Waals surface area contributed by atoms with Gasteiger partial charge in [-0.05, 0) is 32.2 Å². The molecular weight excluding hydrogens is 250 g/mol. The van der Waals surface area contributed by atoms with E-state index in [-0.39, 0.29) is 0 Å². The highest BCUT2D eigenvalue weighted by Gasteiger charge is 2.23. The van der Waals surface area contributed by atoms with E-state index < -0.39 is 0 Å². The van der Waals surface area contributed by atoms with Crippen LogP contribution in [-0.4, -0.2) is 24.1 Å². The lowest BCUT2D eigenvalue weighted by Crippen LogP contribution is -2.36. The highest BCUT2D eigenvalue weighted by molar-refractivity contribution is 5.29. The summed E-state index contributed by atoms with van der Waals surface area (Å²) in [6, 6.07) is 1.42. The Morgan fingerprint density at radius 1 is 1.35 bits per heavy atom. The quantitative estimate of drug-likeness (QED) is 0.828. The van der Waals surface area contributed by atoms with Crippen molar-refractivity contribution in [1.82, 2.24) is 10.3 Å². The van der Waals surface area contributed by atoms with Gasteiger partial charge in [-0.3, -0.25) is 0 Å². The van der Waals surface area contributed by atoms with Gasteiger partial charge in [0.05, 0.1) is 5.69 Å². The lowest BCUT2D eigenvalue weighted by Gasteiger charge is -2.32. The molecule has 0 aromatic carbocycles. The molecule has 4 heteroatoms. The molecule has 2 rings (SSSR count). The first-order valence-corrected chi connectivity index (χ1v) is 8.12. The molecule has 1 aromatic rings. The van der Waals surface area contributed by atoms with Gasteiger partial charge in [0, 0.05) is 19.1 Å². The molecule has 1 N–H and O–H groups in total. The molecule has 0 aliphatic heterocycles. The van der Waals surface area contributed by atoms with Gasteiger partial charge < -0.3 is 14.6 Å². The van der Waals surface area contributed by atoms with E-state index in [0.717, 1.165) is 31.3 Å². The summed E-state index contributed by atoms with van der Waals surface area (Å²) in [7, 11) is 0. The number of anilines is 1. The Kier molecular flexibility index (Phi) is 5.89. The van der Waals surface area contributed by atoms with Crippen LogP contribution in [-0.2, 0) is 6.54 Å². The van der Waals surface area contributed by atoms with Gasteiger partial charge in [-0.1, -0.05) is 33.1 Å². The minimum absolute atomic E-state index is 0.615. The van der Waals surface area contributed by atoms with Gasteiger partial charge in [0.15, 0.2) is 0 Å². The Morgan fingerprint density at radius 2 is 2.10 bits per heavy atom. The van der Waals surface area contributed by atoms with Crippen LogP contribution in [0, 0.1) is 5.92 Å². The third-order valence-electron chi connectivity index (χ3n) is 4.00. The fourth-order valence-corrected chi connectivity index (χ4v) is 2.94. The molecule has 0 radical (unpaired) electrons. The molecule has 1 heterocycles. The molecule has 1 saturated carbocycles. The predicted molar refractivity (Wildman–Crippen MR) is 82.9 cm³/mol. The summed E-state index contributed by atoms with van der Waals surface area (Å²) in [5.74, 6) is 0.663.